The topological polar surface area (TPSA) is 111 Å². The van der Waals surface area contributed by atoms with E-state index in [0.29, 0.717) is 23.9 Å². The maximum atomic E-state index is 12.9. The molecule has 0 spiro atoms. The number of likely N-dealkylation sites (N-methyl/N-ethyl adjacent to an activating group) is 1. The summed E-state index contributed by atoms with van der Waals surface area (Å²) in [5.74, 6) is -2.28. The molecular formula is C65H121NO8. The molecule has 0 radical (unpaired) electrons. The first-order valence-corrected chi connectivity index (χ1v) is 31.6. The first-order valence-electron chi connectivity index (χ1n) is 31.6. The number of nitrogens with zero attached hydrogens (tertiary/aromatic N) is 1. The van der Waals surface area contributed by atoms with Crippen LogP contribution in [0.5, 0.6) is 0 Å². The van der Waals surface area contributed by atoms with Crippen molar-refractivity contribution in [2.24, 2.45) is 0 Å². The lowest BCUT2D eigenvalue weighted by molar-refractivity contribution is -0.870. The zero-order chi connectivity index (χ0) is 54.1. The van der Waals surface area contributed by atoms with Gasteiger partial charge in [0.2, 0.25) is 0 Å². The Hall–Kier alpha value is -2.49. The van der Waals surface area contributed by atoms with Crippen molar-refractivity contribution in [3.05, 3.63) is 36.5 Å². The summed E-state index contributed by atoms with van der Waals surface area (Å²) in [5.41, 5.74) is 0. The number of aliphatic carboxylic acids is 1. The van der Waals surface area contributed by atoms with Crippen LogP contribution in [-0.2, 0) is 33.3 Å². The van der Waals surface area contributed by atoms with Crippen molar-refractivity contribution in [3.63, 3.8) is 0 Å². The summed E-state index contributed by atoms with van der Waals surface area (Å²) in [6.45, 7) is 4.77. The van der Waals surface area contributed by atoms with Crippen molar-refractivity contribution >= 4 is 17.9 Å². The number of hydrogen-bond acceptors (Lipinski definition) is 8. The summed E-state index contributed by atoms with van der Waals surface area (Å²) < 4.78 is 22.7. The molecule has 9 nitrogen and oxygen atoms in total. The Kier molecular flexibility index (Phi) is 54.8. The Morgan fingerprint density at radius 1 is 0.405 bits per heavy atom. The van der Waals surface area contributed by atoms with Gasteiger partial charge in [-0.15, -0.1) is 0 Å². The van der Waals surface area contributed by atoms with Crippen LogP contribution in [0.4, 0.5) is 0 Å². The van der Waals surface area contributed by atoms with Crippen LogP contribution in [0.2, 0.25) is 0 Å². The van der Waals surface area contributed by atoms with Gasteiger partial charge in [0.15, 0.2) is 12.4 Å². The second-order valence-electron chi connectivity index (χ2n) is 22.7. The summed E-state index contributed by atoms with van der Waals surface area (Å²) in [6.07, 6.45) is 66.4. The van der Waals surface area contributed by atoms with Crippen molar-refractivity contribution in [2.45, 2.75) is 315 Å². The number of carbonyl (C=O) groups excluding carboxylic acids is 3. The van der Waals surface area contributed by atoms with Crippen LogP contribution in [0.25, 0.3) is 0 Å². The highest BCUT2D eigenvalue weighted by atomic mass is 16.7. The lowest BCUT2D eigenvalue weighted by Crippen LogP contribution is -2.44. The number of carbonyl (C=O) groups is 3. The van der Waals surface area contributed by atoms with Gasteiger partial charge in [-0.2, -0.15) is 0 Å². The number of hydrogen-bond donors (Lipinski definition) is 0. The van der Waals surface area contributed by atoms with Gasteiger partial charge in [0.25, 0.3) is 0 Å². The standard InChI is InChI=1S/C65H121NO8/c1-6-8-10-12-14-16-18-20-22-24-26-28-29-30-31-32-33-34-36-37-39-41-43-45-47-49-51-53-55-62(67)72-59-61(60-73-65(64(69)70)71-58-57-66(3,4)5)74-63(68)56-54-52-50-48-46-44-42-40-38-35-27-25-23-21-19-17-15-13-11-9-7-2/h19,21,25,27,38,40,61,65H,6-18,20,22-24,26,28-37,39,41-60H2,1-5H3/b21-19-,27-25-,40-38-. The van der Waals surface area contributed by atoms with E-state index in [0.717, 1.165) is 70.6 Å². The third-order valence-corrected chi connectivity index (χ3v) is 14.1. The van der Waals surface area contributed by atoms with Crippen LogP contribution >= 0.6 is 0 Å². The molecule has 0 saturated heterocycles. The van der Waals surface area contributed by atoms with Crippen LogP contribution < -0.4 is 5.11 Å². The first kappa shape index (κ1) is 71.5. The number of quaternary nitrogens is 1. The lowest BCUT2D eigenvalue weighted by atomic mass is 10.0. The zero-order valence-corrected chi connectivity index (χ0v) is 49.5. The molecule has 0 aliphatic rings. The molecule has 0 fully saturated rings. The molecule has 2 unspecified atom stereocenters. The van der Waals surface area contributed by atoms with Gasteiger partial charge in [-0.05, 0) is 51.4 Å². The third kappa shape index (κ3) is 57.2. The lowest BCUT2D eigenvalue weighted by Gasteiger charge is -2.26. The van der Waals surface area contributed by atoms with Gasteiger partial charge in [0, 0.05) is 12.8 Å². The molecule has 0 aliphatic heterocycles. The summed E-state index contributed by atoms with van der Waals surface area (Å²) >= 11 is 0. The van der Waals surface area contributed by atoms with Gasteiger partial charge in [0.05, 0.1) is 40.3 Å². The van der Waals surface area contributed by atoms with Crippen LogP contribution in [0.15, 0.2) is 36.5 Å². The van der Waals surface area contributed by atoms with Crippen LogP contribution in [-0.4, -0.2) is 82.3 Å². The van der Waals surface area contributed by atoms with Gasteiger partial charge in [0.1, 0.15) is 13.2 Å². The highest BCUT2D eigenvalue weighted by Crippen LogP contribution is 2.18. The quantitative estimate of drug-likeness (QED) is 0.0195. The number of carboxylic acids is 1. The minimum atomic E-state index is -1.62. The fraction of sp³-hybridized carbons (Fsp3) is 0.862. The van der Waals surface area contributed by atoms with E-state index < -0.39 is 24.3 Å². The van der Waals surface area contributed by atoms with Crippen molar-refractivity contribution in [3.8, 4) is 0 Å². The van der Waals surface area contributed by atoms with Crippen molar-refractivity contribution < 1.29 is 42.9 Å². The molecular weight excluding hydrogens is 923 g/mol. The maximum absolute atomic E-state index is 12.9. The largest absolute Gasteiger partial charge is 0.545 e. The van der Waals surface area contributed by atoms with Crippen molar-refractivity contribution in [1.82, 2.24) is 0 Å². The Bertz CT molecular complexity index is 1310. The summed E-state index contributed by atoms with van der Waals surface area (Å²) in [4.78, 5) is 37.4. The first-order chi connectivity index (χ1) is 36.1. The highest BCUT2D eigenvalue weighted by Gasteiger charge is 2.22. The highest BCUT2D eigenvalue weighted by molar-refractivity contribution is 5.70. The Labute approximate surface area is 458 Å². The normalized spacial score (nSPS) is 12.9. The van der Waals surface area contributed by atoms with E-state index in [-0.39, 0.29) is 32.2 Å². The molecule has 434 valence electrons. The number of unbranched alkanes of at least 4 members (excludes halogenated alkanes) is 38. The monoisotopic (exact) mass is 1040 g/mol. The molecule has 0 aromatic carbocycles. The molecule has 0 heterocycles. The molecule has 2 atom stereocenters. The Morgan fingerprint density at radius 2 is 0.730 bits per heavy atom. The van der Waals surface area contributed by atoms with Crippen LogP contribution in [0.3, 0.4) is 0 Å². The predicted octanol–water partition coefficient (Wildman–Crippen LogP) is 17.5. The number of carboxylic acid groups (broad SMARTS) is 1. The third-order valence-electron chi connectivity index (χ3n) is 14.1. The Morgan fingerprint density at radius 3 is 1.08 bits per heavy atom. The molecule has 0 aromatic rings. The molecule has 0 rings (SSSR count). The second-order valence-corrected chi connectivity index (χ2v) is 22.7. The fourth-order valence-electron chi connectivity index (χ4n) is 9.25. The van der Waals surface area contributed by atoms with E-state index in [4.69, 9.17) is 18.9 Å². The van der Waals surface area contributed by atoms with E-state index in [9.17, 15) is 19.5 Å². The minimum absolute atomic E-state index is 0.146. The number of rotatable bonds is 59. The molecule has 9 heteroatoms. The SMILES string of the molecule is CCCCCCC/C=C\C/C=C\C/C=C\CCCCCCCCC(=O)OC(COC(=O)CCCCCCCCCCCCCCCCCCCCCCCCCCCCCC)COC(OCC[N+](C)(C)C)C(=O)[O-]. The average Bonchev–Trinajstić information content (AvgIpc) is 3.37. The van der Waals surface area contributed by atoms with Gasteiger partial charge < -0.3 is 33.3 Å². The molecule has 0 aliphatic carbocycles. The average molecular weight is 1040 g/mol. The summed E-state index contributed by atoms with van der Waals surface area (Å²) in [6, 6.07) is 0. The van der Waals surface area contributed by atoms with Gasteiger partial charge >= 0.3 is 11.9 Å². The van der Waals surface area contributed by atoms with E-state index in [1.165, 1.54) is 199 Å². The van der Waals surface area contributed by atoms with Crippen molar-refractivity contribution in [1.29, 1.82) is 0 Å². The summed E-state index contributed by atoms with van der Waals surface area (Å²) in [7, 11) is 5.93. The minimum Gasteiger partial charge on any atom is -0.545 e. The smallest absolute Gasteiger partial charge is 0.306 e. The number of allylic oxidation sites excluding steroid dienone is 6. The molecule has 0 amide bonds. The van der Waals surface area contributed by atoms with E-state index >= 15 is 0 Å². The number of ether oxygens (including phenoxy) is 4. The zero-order valence-electron chi connectivity index (χ0n) is 49.5. The maximum Gasteiger partial charge on any atom is 0.306 e. The molecule has 0 N–H and O–H groups in total. The summed E-state index contributed by atoms with van der Waals surface area (Å²) in [5, 5.41) is 11.8. The second kappa shape index (κ2) is 56.7. The van der Waals surface area contributed by atoms with Gasteiger partial charge in [-0.25, -0.2) is 0 Å². The van der Waals surface area contributed by atoms with Crippen LogP contribution in [0, 0.1) is 0 Å². The fourth-order valence-corrected chi connectivity index (χ4v) is 9.25. The number of esters is 2. The van der Waals surface area contributed by atoms with Gasteiger partial charge in [-0.1, -0.05) is 275 Å². The van der Waals surface area contributed by atoms with E-state index in [1.54, 1.807) is 0 Å². The van der Waals surface area contributed by atoms with Crippen LogP contribution in [0.1, 0.15) is 303 Å². The van der Waals surface area contributed by atoms with Gasteiger partial charge in [-0.3, -0.25) is 9.59 Å². The predicted molar refractivity (Wildman–Crippen MR) is 311 cm³/mol. The molecule has 0 bridgehead atoms. The van der Waals surface area contributed by atoms with E-state index in [1.807, 2.05) is 21.1 Å². The molecule has 0 aromatic heterocycles. The van der Waals surface area contributed by atoms with Crippen molar-refractivity contribution in [2.75, 3.05) is 47.5 Å². The molecule has 74 heavy (non-hydrogen) atoms. The van der Waals surface area contributed by atoms with E-state index in [2.05, 4.69) is 50.3 Å². The molecule has 0 saturated carbocycles. The Balaban J connectivity index is 4.15.